The van der Waals surface area contributed by atoms with Gasteiger partial charge in [0.2, 0.25) is 0 Å². The highest BCUT2D eigenvalue weighted by atomic mass is 16.5. The van der Waals surface area contributed by atoms with Gasteiger partial charge in [-0.3, -0.25) is 0 Å². The molecule has 0 unspecified atom stereocenters. The highest BCUT2D eigenvalue weighted by Gasteiger charge is 2.00. The fourth-order valence-electron chi connectivity index (χ4n) is 1.71. The Bertz CT molecular complexity index is 529. The van der Waals surface area contributed by atoms with Gasteiger partial charge in [-0.05, 0) is 30.7 Å². The van der Waals surface area contributed by atoms with Gasteiger partial charge in [0.05, 0.1) is 7.11 Å². The van der Waals surface area contributed by atoms with Gasteiger partial charge in [-0.25, -0.2) is 4.98 Å². The van der Waals surface area contributed by atoms with E-state index in [1.165, 1.54) is 0 Å². The summed E-state index contributed by atoms with van der Waals surface area (Å²) in [7, 11) is 1.66. The zero-order valence-electron chi connectivity index (χ0n) is 11.2. The smallest absolute Gasteiger partial charge is 0.129 e. The van der Waals surface area contributed by atoms with Crippen molar-refractivity contribution in [2.45, 2.75) is 13.5 Å². The van der Waals surface area contributed by atoms with Gasteiger partial charge in [0.1, 0.15) is 23.9 Å². The number of benzene rings is 1. The van der Waals surface area contributed by atoms with Crippen molar-refractivity contribution in [3.8, 4) is 11.5 Å². The van der Waals surface area contributed by atoms with Gasteiger partial charge in [-0.1, -0.05) is 12.1 Å². The van der Waals surface area contributed by atoms with Gasteiger partial charge in [0, 0.05) is 18.8 Å². The first-order valence-corrected chi connectivity index (χ1v) is 6.27. The number of aromatic nitrogens is 1. The van der Waals surface area contributed by atoms with E-state index in [0.717, 1.165) is 29.4 Å². The SMILES string of the molecule is CCNc1cc(OCc2cccc(OC)c2)ccn1. The summed E-state index contributed by atoms with van der Waals surface area (Å²) in [5.74, 6) is 2.46. The predicted octanol–water partition coefficient (Wildman–Crippen LogP) is 3.10. The average molecular weight is 258 g/mol. The van der Waals surface area contributed by atoms with Crippen LogP contribution < -0.4 is 14.8 Å². The van der Waals surface area contributed by atoms with E-state index in [-0.39, 0.29) is 0 Å². The Hall–Kier alpha value is -2.23. The monoisotopic (exact) mass is 258 g/mol. The number of hydrogen-bond acceptors (Lipinski definition) is 4. The standard InChI is InChI=1S/C15H18N2O2/c1-3-16-15-10-14(7-8-17-15)19-11-12-5-4-6-13(9-12)18-2/h4-10H,3,11H2,1-2H3,(H,16,17). The molecule has 4 heteroatoms. The Morgan fingerprint density at radius 2 is 2.05 bits per heavy atom. The van der Waals surface area contributed by atoms with Crippen LogP contribution in [0.5, 0.6) is 11.5 Å². The lowest BCUT2D eigenvalue weighted by atomic mass is 10.2. The Morgan fingerprint density at radius 3 is 2.84 bits per heavy atom. The topological polar surface area (TPSA) is 43.4 Å². The van der Waals surface area contributed by atoms with Crippen LogP contribution in [-0.4, -0.2) is 18.6 Å². The van der Waals surface area contributed by atoms with E-state index in [1.807, 2.05) is 43.3 Å². The average Bonchev–Trinajstić information content (AvgIpc) is 2.46. The number of anilines is 1. The molecule has 2 rings (SSSR count). The molecule has 0 spiro atoms. The lowest BCUT2D eigenvalue weighted by molar-refractivity contribution is 0.305. The number of nitrogens with one attached hydrogen (secondary N) is 1. The van der Waals surface area contributed by atoms with Crippen molar-refractivity contribution in [2.75, 3.05) is 19.0 Å². The van der Waals surface area contributed by atoms with Gasteiger partial charge in [-0.15, -0.1) is 0 Å². The van der Waals surface area contributed by atoms with E-state index in [2.05, 4.69) is 10.3 Å². The third-order valence-corrected chi connectivity index (χ3v) is 2.63. The maximum atomic E-state index is 5.74. The molecule has 19 heavy (non-hydrogen) atoms. The first-order chi connectivity index (χ1) is 9.31. The fraction of sp³-hybridized carbons (Fsp3) is 0.267. The number of rotatable bonds is 6. The molecule has 1 aromatic carbocycles. The molecule has 4 nitrogen and oxygen atoms in total. The van der Waals surface area contributed by atoms with Crippen molar-refractivity contribution in [1.29, 1.82) is 0 Å². The van der Waals surface area contributed by atoms with E-state index in [1.54, 1.807) is 13.3 Å². The van der Waals surface area contributed by atoms with Gasteiger partial charge >= 0.3 is 0 Å². The summed E-state index contributed by atoms with van der Waals surface area (Å²) in [6.07, 6.45) is 1.74. The lowest BCUT2D eigenvalue weighted by Gasteiger charge is -2.09. The molecule has 1 aromatic heterocycles. The molecular formula is C15H18N2O2. The summed E-state index contributed by atoms with van der Waals surface area (Å²) in [5.41, 5.74) is 1.07. The summed E-state index contributed by atoms with van der Waals surface area (Å²) in [6, 6.07) is 11.6. The molecule has 0 saturated carbocycles. The van der Waals surface area contributed by atoms with E-state index in [9.17, 15) is 0 Å². The van der Waals surface area contributed by atoms with Gasteiger partial charge in [0.25, 0.3) is 0 Å². The van der Waals surface area contributed by atoms with E-state index < -0.39 is 0 Å². The molecule has 0 radical (unpaired) electrons. The molecule has 0 aliphatic heterocycles. The van der Waals surface area contributed by atoms with Crippen molar-refractivity contribution < 1.29 is 9.47 Å². The van der Waals surface area contributed by atoms with Crippen molar-refractivity contribution in [2.24, 2.45) is 0 Å². The number of nitrogens with zero attached hydrogens (tertiary/aromatic N) is 1. The van der Waals surface area contributed by atoms with Crippen LogP contribution in [0.1, 0.15) is 12.5 Å². The second kappa shape index (κ2) is 6.64. The number of hydrogen-bond donors (Lipinski definition) is 1. The van der Waals surface area contributed by atoms with Crippen LogP contribution >= 0.6 is 0 Å². The molecule has 0 bridgehead atoms. The van der Waals surface area contributed by atoms with Crippen LogP contribution in [0.15, 0.2) is 42.6 Å². The molecule has 0 fully saturated rings. The Balaban J connectivity index is 1.99. The van der Waals surface area contributed by atoms with Gasteiger partial charge < -0.3 is 14.8 Å². The van der Waals surface area contributed by atoms with Gasteiger partial charge in [-0.2, -0.15) is 0 Å². The third kappa shape index (κ3) is 3.88. The van der Waals surface area contributed by atoms with Crippen molar-refractivity contribution in [1.82, 2.24) is 4.98 Å². The van der Waals surface area contributed by atoms with Crippen LogP contribution in [0.25, 0.3) is 0 Å². The fourth-order valence-corrected chi connectivity index (χ4v) is 1.71. The normalized spacial score (nSPS) is 10.0. The summed E-state index contributed by atoms with van der Waals surface area (Å²) >= 11 is 0. The minimum atomic E-state index is 0.507. The Kier molecular flexibility index (Phi) is 4.61. The van der Waals surface area contributed by atoms with E-state index in [0.29, 0.717) is 6.61 Å². The minimum Gasteiger partial charge on any atom is -0.497 e. The molecular weight excluding hydrogens is 240 g/mol. The highest BCUT2D eigenvalue weighted by Crippen LogP contribution is 2.18. The molecule has 1 N–H and O–H groups in total. The molecule has 1 heterocycles. The third-order valence-electron chi connectivity index (χ3n) is 2.63. The lowest BCUT2D eigenvalue weighted by Crippen LogP contribution is -2.00. The maximum Gasteiger partial charge on any atom is 0.129 e. The van der Waals surface area contributed by atoms with Crippen LogP contribution in [0.2, 0.25) is 0 Å². The molecule has 0 atom stereocenters. The molecule has 2 aromatic rings. The predicted molar refractivity (Wildman–Crippen MR) is 75.7 cm³/mol. The van der Waals surface area contributed by atoms with E-state index >= 15 is 0 Å². The quantitative estimate of drug-likeness (QED) is 0.864. The summed E-state index contributed by atoms with van der Waals surface area (Å²) in [6.45, 7) is 3.38. The molecule has 0 amide bonds. The second-order valence-electron chi connectivity index (χ2n) is 4.05. The summed E-state index contributed by atoms with van der Waals surface area (Å²) in [4.78, 5) is 4.20. The summed E-state index contributed by atoms with van der Waals surface area (Å²) < 4.78 is 10.9. The van der Waals surface area contributed by atoms with Gasteiger partial charge in [0.15, 0.2) is 0 Å². The van der Waals surface area contributed by atoms with Crippen LogP contribution in [0, 0.1) is 0 Å². The Labute approximate surface area is 113 Å². The Morgan fingerprint density at radius 1 is 1.16 bits per heavy atom. The molecule has 0 saturated heterocycles. The molecule has 0 aliphatic rings. The summed E-state index contributed by atoms with van der Waals surface area (Å²) in [5, 5.41) is 3.15. The van der Waals surface area contributed by atoms with Crippen LogP contribution in [-0.2, 0) is 6.61 Å². The van der Waals surface area contributed by atoms with Crippen molar-refractivity contribution >= 4 is 5.82 Å². The highest BCUT2D eigenvalue weighted by molar-refractivity contribution is 5.40. The van der Waals surface area contributed by atoms with Crippen LogP contribution in [0.4, 0.5) is 5.82 Å². The molecule has 100 valence electrons. The van der Waals surface area contributed by atoms with Crippen molar-refractivity contribution in [3.63, 3.8) is 0 Å². The number of methoxy groups -OCH3 is 1. The first-order valence-electron chi connectivity index (χ1n) is 6.27. The van der Waals surface area contributed by atoms with E-state index in [4.69, 9.17) is 9.47 Å². The zero-order valence-corrected chi connectivity index (χ0v) is 11.2. The minimum absolute atomic E-state index is 0.507. The zero-order chi connectivity index (χ0) is 13.5. The maximum absolute atomic E-state index is 5.74. The molecule has 0 aliphatic carbocycles. The van der Waals surface area contributed by atoms with Crippen LogP contribution in [0.3, 0.4) is 0 Å². The largest absolute Gasteiger partial charge is 0.497 e. The number of pyridine rings is 1. The second-order valence-corrected chi connectivity index (χ2v) is 4.05. The van der Waals surface area contributed by atoms with Crippen molar-refractivity contribution in [3.05, 3.63) is 48.2 Å². The first kappa shape index (κ1) is 13.2. The number of ether oxygens (including phenoxy) is 2.